The van der Waals surface area contributed by atoms with Crippen LogP contribution in [-0.4, -0.2) is 14.9 Å². The summed E-state index contributed by atoms with van der Waals surface area (Å²) in [5.74, 6) is 0.115. The minimum Gasteiger partial charge on any atom is -0.261 e. The van der Waals surface area contributed by atoms with Gasteiger partial charge in [0.25, 0.3) is 5.69 Å². The van der Waals surface area contributed by atoms with Crippen LogP contribution in [0.5, 0.6) is 0 Å². The molecule has 1 heterocycles. The smallest absolute Gasteiger partial charge is 0.261 e. The number of nitro groups is 1. The van der Waals surface area contributed by atoms with Crippen molar-refractivity contribution in [1.82, 2.24) is 9.97 Å². The van der Waals surface area contributed by atoms with Crippen molar-refractivity contribution in [3.05, 3.63) is 63.7 Å². The summed E-state index contributed by atoms with van der Waals surface area (Å²) in [5.41, 5.74) is 3.36. The minimum absolute atomic E-state index is 0.115. The Kier molecular flexibility index (Phi) is 4.42. The third kappa shape index (κ3) is 3.51. The normalized spacial score (nSPS) is 11.7. The topological polar surface area (TPSA) is 68.9 Å². The molecule has 0 aliphatic rings. The lowest BCUT2D eigenvalue weighted by Crippen LogP contribution is -1.97. The first-order valence-corrected chi connectivity index (χ1v) is 6.72. The molecule has 0 N–H and O–H groups in total. The van der Waals surface area contributed by atoms with Crippen LogP contribution in [0.1, 0.15) is 43.5 Å². The number of nitrogens with zero attached hydrogens (tertiary/aromatic N) is 3. The van der Waals surface area contributed by atoms with Gasteiger partial charge in [-0.25, -0.2) is 0 Å². The molecule has 2 aromatic rings. The van der Waals surface area contributed by atoms with Crippen molar-refractivity contribution in [3.8, 4) is 0 Å². The molecule has 2 rings (SSSR count). The van der Waals surface area contributed by atoms with Crippen molar-refractivity contribution < 1.29 is 4.92 Å². The average Bonchev–Trinajstić information content (AvgIpc) is 2.47. The Morgan fingerprint density at radius 3 is 2.67 bits per heavy atom. The summed E-state index contributed by atoms with van der Waals surface area (Å²) in [6, 6.07) is 5.32. The third-order valence-electron chi connectivity index (χ3n) is 3.22. The molecule has 0 bridgehead atoms. The van der Waals surface area contributed by atoms with Crippen LogP contribution < -0.4 is 0 Å². The molecule has 0 unspecified atom stereocenters. The van der Waals surface area contributed by atoms with Gasteiger partial charge in [-0.2, -0.15) is 0 Å². The molecular weight excluding hydrogens is 266 g/mol. The summed E-state index contributed by atoms with van der Waals surface area (Å²) >= 11 is 0. The molecule has 21 heavy (non-hydrogen) atoms. The Labute approximate surface area is 123 Å². The standard InChI is InChI=1S/C16H17N3O2/c1-11(2)14-5-4-13(9-16(14)19(20)21)8-12(3)15-10-17-6-7-18-15/h4-11H,1-3H3. The molecule has 0 amide bonds. The van der Waals surface area contributed by atoms with E-state index in [4.69, 9.17) is 0 Å². The molecular formula is C16H17N3O2. The molecule has 0 saturated carbocycles. The van der Waals surface area contributed by atoms with E-state index in [0.717, 1.165) is 22.4 Å². The largest absolute Gasteiger partial charge is 0.273 e. The molecule has 0 saturated heterocycles. The number of nitro benzene ring substituents is 1. The van der Waals surface area contributed by atoms with E-state index in [2.05, 4.69) is 9.97 Å². The first-order chi connectivity index (χ1) is 9.99. The summed E-state index contributed by atoms with van der Waals surface area (Å²) in [6.07, 6.45) is 6.78. The molecule has 5 heteroatoms. The quantitative estimate of drug-likeness (QED) is 0.626. The number of hydrogen-bond donors (Lipinski definition) is 0. The van der Waals surface area contributed by atoms with Gasteiger partial charge < -0.3 is 0 Å². The summed E-state index contributed by atoms with van der Waals surface area (Å²) < 4.78 is 0. The molecule has 108 valence electrons. The Bertz CT molecular complexity index is 679. The Morgan fingerprint density at radius 1 is 1.33 bits per heavy atom. The molecule has 0 atom stereocenters. The number of aromatic nitrogens is 2. The summed E-state index contributed by atoms with van der Waals surface area (Å²) in [6.45, 7) is 5.80. The highest BCUT2D eigenvalue weighted by atomic mass is 16.6. The second-order valence-corrected chi connectivity index (χ2v) is 5.15. The van der Waals surface area contributed by atoms with E-state index in [1.807, 2.05) is 39.0 Å². The maximum absolute atomic E-state index is 11.2. The van der Waals surface area contributed by atoms with Gasteiger partial charge in [0, 0.05) is 24.0 Å². The Morgan fingerprint density at radius 2 is 2.10 bits per heavy atom. The van der Waals surface area contributed by atoms with Crippen LogP contribution in [0.4, 0.5) is 5.69 Å². The first-order valence-electron chi connectivity index (χ1n) is 6.72. The zero-order valence-corrected chi connectivity index (χ0v) is 12.3. The van der Waals surface area contributed by atoms with Crippen molar-refractivity contribution in [3.63, 3.8) is 0 Å². The molecule has 0 radical (unpaired) electrons. The lowest BCUT2D eigenvalue weighted by Gasteiger charge is -2.07. The number of benzene rings is 1. The van der Waals surface area contributed by atoms with Crippen LogP contribution in [0.25, 0.3) is 11.6 Å². The first kappa shape index (κ1) is 14.8. The van der Waals surface area contributed by atoms with Crippen molar-refractivity contribution >= 4 is 17.3 Å². The van der Waals surface area contributed by atoms with Gasteiger partial charge in [0.1, 0.15) is 0 Å². The Hall–Kier alpha value is -2.56. The second kappa shape index (κ2) is 6.26. The molecule has 1 aromatic heterocycles. The molecule has 0 fully saturated rings. The van der Waals surface area contributed by atoms with Crippen molar-refractivity contribution in [2.45, 2.75) is 26.7 Å². The molecule has 0 spiro atoms. The fraction of sp³-hybridized carbons (Fsp3) is 0.250. The lowest BCUT2D eigenvalue weighted by molar-refractivity contribution is -0.385. The highest BCUT2D eigenvalue weighted by molar-refractivity contribution is 5.79. The van der Waals surface area contributed by atoms with Crippen LogP contribution in [0, 0.1) is 10.1 Å². The van der Waals surface area contributed by atoms with E-state index in [1.165, 1.54) is 0 Å². The van der Waals surface area contributed by atoms with Gasteiger partial charge in [-0.3, -0.25) is 20.1 Å². The van der Waals surface area contributed by atoms with E-state index in [1.54, 1.807) is 24.7 Å². The van der Waals surface area contributed by atoms with E-state index in [-0.39, 0.29) is 16.5 Å². The molecule has 5 nitrogen and oxygen atoms in total. The van der Waals surface area contributed by atoms with E-state index in [0.29, 0.717) is 0 Å². The lowest BCUT2D eigenvalue weighted by atomic mass is 9.98. The van der Waals surface area contributed by atoms with Gasteiger partial charge in [-0.1, -0.05) is 26.0 Å². The van der Waals surface area contributed by atoms with Gasteiger partial charge in [0.05, 0.1) is 16.8 Å². The van der Waals surface area contributed by atoms with E-state index >= 15 is 0 Å². The SMILES string of the molecule is CC(=Cc1ccc(C(C)C)c([N+](=O)[O-])c1)c1cnccn1. The van der Waals surface area contributed by atoms with Crippen molar-refractivity contribution in [2.24, 2.45) is 0 Å². The molecule has 0 aliphatic carbocycles. The highest BCUT2D eigenvalue weighted by Gasteiger charge is 2.16. The predicted octanol–water partition coefficient (Wildman–Crippen LogP) is 4.07. The molecule has 0 aliphatic heterocycles. The Balaban J connectivity index is 2.42. The van der Waals surface area contributed by atoms with E-state index < -0.39 is 0 Å². The summed E-state index contributed by atoms with van der Waals surface area (Å²) in [7, 11) is 0. The number of hydrogen-bond acceptors (Lipinski definition) is 4. The van der Waals surface area contributed by atoms with Crippen LogP contribution in [0.15, 0.2) is 36.8 Å². The van der Waals surface area contributed by atoms with Crippen molar-refractivity contribution in [1.29, 1.82) is 0 Å². The molecule has 1 aromatic carbocycles. The predicted molar refractivity (Wildman–Crippen MR) is 82.8 cm³/mol. The second-order valence-electron chi connectivity index (χ2n) is 5.15. The fourth-order valence-corrected chi connectivity index (χ4v) is 2.12. The summed E-state index contributed by atoms with van der Waals surface area (Å²) in [5, 5.41) is 11.2. The van der Waals surface area contributed by atoms with Crippen LogP contribution >= 0.6 is 0 Å². The van der Waals surface area contributed by atoms with Crippen LogP contribution in [0.3, 0.4) is 0 Å². The van der Waals surface area contributed by atoms with Crippen LogP contribution in [-0.2, 0) is 0 Å². The average molecular weight is 283 g/mol. The number of allylic oxidation sites excluding steroid dienone is 1. The van der Waals surface area contributed by atoms with Crippen LogP contribution in [0.2, 0.25) is 0 Å². The number of rotatable bonds is 4. The highest BCUT2D eigenvalue weighted by Crippen LogP contribution is 2.28. The minimum atomic E-state index is -0.329. The fourth-order valence-electron chi connectivity index (χ4n) is 2.12. The van der Waals surface area contributed by atoms with Crippen molar-refractivity contribution in [2.75, 3.05) is 0 Å². The maximum Gasteiger partial charge on any atom is 0.273 e. The van der Waals surface area contributed by atoms with Gasteiger partial charge in [-0.15, -0.1) is 0 Å². The zero-order valence-electron chi connectivity index (χ0n) is 12.3. The van der Waals surface area contributed by atoms with Gasteiger partial charge in [0.2, 0.25) is 0 Å². The summed E-state index contributed by atoms with van der Waals surface area (Å²) in [4.78, 5) is 19.1. The van der Waals surface area contributed by atoms with E-state index in [9.17, 15) is 10.1 Å². The van der Waals surface area contributed by atoms with Gasteiger partial charge in [0.15, 0.2) is 0 Å². The zero-order chi connectivity index (χ0) is 15.4. The monoisotopic (exact) mass is 283 g/mol. The third-order valence-corrected chi connectivity index (χ3v) is 3.22. The van der Waals surface area contributed by atoms with Gasteiger partial charge >= 0.3 is 0 Å². The maximum atomic E-state index is 11.2. The van der Waals surface area contributed by atoms with Gasteiger partial charge in [-0.05, 0) is 30.1 Å².